The first-order chi connectivity index (χ1) is 9.76. The van der Waals surface area contributed by atoms with Gasteiger partial charge in [0.05, 0.1) is 4.92 Å². The Labute approximate surface area is 119 Å². The van der Waals surface area contributed by atoms with Crippen LogP contribution in [0.25, 0.3) is 0 Å². The van der Waals surface area contributed by atoms with Gasteiger partial charge in [-0.1, -0.05) is 6.07 Å². The maximum absolute atomic E-state index is 13.8. The summed E-state index contributed by atoms with van der Waals surface area (Å²) in [5.74, 6) is -2.64. The van der Waals surface area contributed by atoms with E-state index < -0.39 is 43.4 Å². The van der Waals surface area contributed by atoms with Gasteiger partial charge in [0.25, 0.3) is 15.7 Å². The van der Waals surface area contributed by atoms with E-state index in [0.717, 1.165) is 18.2 Å². The van der Waals surface area contributed by atoms with Crippen molar-refractivity contribution in [1.82, 2.24) is 4.31 Å². The Bertz CT molecular complexity index is 705. The number of carboxylic acids is 1. The van der Waals surface area contributed by atoms with Crippen LogP contribution in [0.5, 0.6) is 0 Å². The molecule has 0 aromatic heterocycles. The Hall–Kier alpha value is -2.07. The molecule has 114 valence electrons. The number of carbonyl (C=O) groups is 1. The second-order valence-electron chi connectivity index (χ2n) is 4.46. The summed E-state index contributed by atoms with van der Waals surface area (Å²) in [6, 6.07) is 1.33. The molecule has 1 fully saturated rings. The first-order valence-corrected chi connectivity index (χ1v) is 7.38. The van der Waals surface area contributed by atoms with Gasteiger partial charge in [0.1, 0.15) is 11.9 Å². The zero-order chi connectivity index (χ0) is 15.8. The Morgan fingerprint density at radius 3 is 2.71 bits per heavy atom. The normalized spacial score (nSPS) is 19.6. The van der Waals surface area contributed by atoms with Gasteiger partial charge < -0.3 is 5.11 Å². The minimum Gasteiger partial charge on any atom is -0.480 e. The quantitative estimate of drug-likeness (QED) is 0.653. The van der Waals surface area contributed by atoms with Gasteiger partial charge in [0, 0.05) is 12.6 Å². The molecule has 0 radical (unpaired) electrons. The van der Waals surface area contributed by atoms with E-state index >= 15 is 0 Å². The molecule has 1 heterocycles. The summed E-state index contributed by atoms with van der Waals surface area (Å²) in [6.45, 7) is -0.120. The smallest absolute Gasteiger partial charge is 0.322 e. The number of rotatable bonds is 4. The number of nitro benzene ring substituents is 1. The van der Waals surface area contributed by atoms with Gasteiger partial charge in [-0.05, 0) is 18.9 Å². The Morgan fingerprint density at radius 2 is 2.14 bits per heavy atom. The van der Waals surface area contributed by atoms with Crippen molar-refractivity contribution >= 4 is 21.7 Å². The predicted octanol–water partition coefficient (Wildman–Crippen LogP) is 0.972. The molecule has 10 heteroatoms. The van der Waals surface area contributed by atoms with Gasteiger partial charge in [0.15, 0.2) is 4.90 Å². The molecular formula is C11H11FN2O6S. The molecule has 1 aliphatic rings. The average Bonchev–Trinajstić information content (AvgIpc) is 2.88. The third-order valence-electron chi connectivity index (χ3n) is 3.20. The highest BCUT2D eigenvalue weighted by atomic mass is 32.2. The van der Waals surface area contributed by atoms with Crippen LogP contribution in [-0.2, 0) is 14.8 Å². The van der Waals surface area contributed by atoms with Crippen molar-refractivity contribution < 1.29 is 27.6 Å². The molecule has 8 nitrogen and oxygen atoms in total. The highest BCUT2D eigenvalue weighted by molar-refractivity contribution is 7.89. The maximum atomic E-state index is 13.8. The predicted molar refractivity (Wildman–Crippen MR) is 67.6 cm³/mol. The summed E-state index contributed by atoms with van der Waals surface area (Å²) < 4.78 is 39.3. The van der Waals surface area contributed by atoms with Crippen molar-refractivity contribution in [3.8, 4) is 0 Å². The van der Waals surface area contributed by atoms with E-state index in [0.29, 0.717) is 10.7 Å². The van der Waals surface area contributed by atoms with Crippen LogP contribution in [0.4, 0.5) is 10.1 Å². The zero-order valence-corrected chi connectivity index (χ0v) is 11.4. The lowest BCUT2D eigenvalue weighted by atomic mass is 10.2. The van der Waals surface area contributed by atoms with E-state index in [1.807, 2.05) is 0 Å². The van der Waals surface area contributed by atoms with Crippen LogP contribution in [0.3, 0.4) is 0 Å². The van der Waals surface area contributed by atoms with Crippen molar-refractivity contribution in [2.45, 2.75) is 23.8 Å². The zero-order valence-electron chi connectivity index (χ0n) is 10.6. The van der Waals surface area contributed by atoms with E-state index in [1.54, 1.807) is 0 Å². The standard InChI is InChI=1S/C11H11FN2O6S/c12-7-3-1-4-8(14(17)18)10(7)21(19,20)13-6-2-5-9(13)11(15)16/h1,3-4,9H,2,5-6H2,(H,15,16)/t9-/m1/s1. The molecule has 0 unspecified atom stereocenters. The van der Waals surface area contributed by atoms with Crippen LogP contribution in [0.1, 0.15) is 12.8 Å². The van der Waals surface area contributed by atoms with Gasteiger partial charge in [-0.25, -0.2) is 12.8 Å². The summed E-state index contributed by atoms with van der Waals surface area (Å²) in [5.41, 5.74) is -0.911. The number of aliphatic carboxylic acids is 1. The fourth-order valence-electron chi connectivity index (χ4n) is 2.29. The van der Waals surface area contributed by atoms with Gasteiger partial charge in [-0.15, -0.1) is 0 Å². The summed E-state index contributed by atoms with van der Waals surface area (Å²) >= 11 is 0. The number of benzene rings is 1. The molecule has 1 aromatic carbocycles. The molecule has 1 saturated heterocycles. The lowest BCUT2D eigenvalue weighted by Crippen LogP contribution is -2.40. The van der Waals surface area contributed by atoms with Crippen LogP contribution in [-0.4, -0.2) is 41.3 Å². The second-order valence-corrected chi connectivity index (χ2v) is 6.28. The lowest BCUT2D eigenvalue weighted by molar-refractivity contribution is -0.388. The lowest BCUT2D eigenvalue weighted by Gasteiger charge is -2.20. The Morgan fingerprint density at radius 1 is 1.48 bits per heavy atom. The van der Waals surface area contributed by atoms with Crippen molar-refractivity contribution in [3.63, 3.8) is 0 Å². The van der Waals surface area contributed by atoms with Gasteiger partial charge >= 0.3 is 5.97 Å². The molecule has 0 bridgehead atoms. The van der Waals surface area contributed by atoms with E-state index in [9.17, 15) is 27.7 Å². The van der Waals surface area contributed by atoms with Gasteiger partial charge in [0.2, 0.25) is 0 Å². The summed E-state index contributed by atoms with van der Waals surface area (Å²) in [5, 5.41) is 19.9. The molecule has 21 heavy (non-hydrogen) atoms. The largest absolute Gasteiger partial charge is 0.480 e. The van der Waals surface area contributed by atoms with Crippen molar-refractivity contribution in [3.05, 3.63) is 34.1 Å². The molecule has 0 spiro atoms. The number of nitrogens with zero attached hydrogens (tertiary/aromatic N) is 2. The molecule has 1 aliphatic heterocycles. The fraction of sp³-hybridized carbons (Fsp3) is 0.364. The first kappa shape index (κ1) is 15.3. The molecule has 0 aliphatic carbocycles. The van der Waals surface area contributed by atoms with Crippen molar-refractivity contribution in [2.24, 2.45) is 0 Å². The van der Waals surface area contributed by atoms with E-state index in [1.165, 1.54) is 0 Å². The molecular weight excluding hydrogens is 307 g/mol. The molecule has 1 atom stereocenters. The minimum absolute atomic E-state index is 0.0802. The highest BCUT2D eigenvalue weighted by Crippen LogP contribution is 2.33. The number of sulfonamides is 1. The third kappa shape index (κ3) is 2.59. The molecule has 0 amide bonds. The number of hydrogen-bond donors (Lipinski definition) is 1. The highest BCUT2D eigenvalue weighted by Gasteiger charge is 2.43. The summed E-state index contributed by atoms with van der Waals surface area (Å²) in [7, 11) is -4.60. The maximum Gasteiger partial charge on any atom is 0.322 e. The first-order valence-electron chi connectivity index (χ1n) is 5.94. The van der Waals surface area contributed by atoms with Crippen molar-refractivity contribution in [2.75, 3.05) is 6.54 Å². The Kier molecular flexibility index (Phi) is 3.92. The molecule has 1 N–H and O–H groups in total. The van der Waals surface area contributed by atoms with Crippen LogP contribution in [0, 0.1) is 15.9 Å². The topological polar surface area (TPSA) is 118 Å². The van der Waals surface area contributed by atoms with E-state index in [4.69, 9.17) is 5.11 Å². The monoisotopic (exact) mass is 318 g/mol. The minimum atomic E-state index is -4.60. The molecule has 2 rings (SSSR count). The number of carboxylic acid groups (broad SMARTS) is 1. The number of nitro groups is 1. The van der Waals surface area contributed by atoms with E-state index in [-0.39, 0.29) is 13.0 Å². The number of hydrogen-bond acceptors (Lipinski definition) is 5. The third-order valence-corrected chi connectivity index (χ3v) is 5.17. The van der Waals surface area contributed by atoms with Crippen LogP contribution in [0.15, 0.2) is 23.1 Å². The molecule has 1 aromatic rings. The fourth-order valence-corrected chi connectivity index (χ4v) is 4.14. The van der Waals surface area contributed by atoms with Gasteiger partial charge in [-0.2, -0.15) is 4.31 Å². The number of halogens is 1. The summed E-state index contributed by atoms with van der Waals surface area (Å²) in [4.78, 5) is 19.8. The molecule has 0 saturated carbocycles. The van der Waals surface area contributed by atoms with Crippen LogP contribution >= 0.6 is 0 Å². The van der Waals surface area contributed by atoms with Crippen LogP contribution in [0.2, 0.25) is 0 Å². The van der Waals surface area contributed by atoms with Crippen molar-refractivity contribution in [1.29, 1.82) is 0 Å². The van der Waals surface area contributed by atoms with E-state index in [2.05, 4.69) is 0 Å². The SMILES string of the molecule is O=C(O)[C@H]1CCCN1S(=O)(=O)c1c(F)cccc1[N+](=O)[O-]. The summed E-state index contributed by atoms with van der Waals surface area (Å²) in [6.07, 6.45) is 0.370. The van der Waals surface area contributed by atoms with Crippen LogP contribution < -0.4 is 0 Å². The van der Waals surface area contributed by atoms with Gasteiger partial charge in [-0.3, -0.25) is 14.9 Å². The second kappa shape index (κ2) is 5.37. The average molecular weight is 318 g/mol. The Balaban J connectivity index is 2.60.